The lowest BCUT2D eigenvalue weighted by atomic mass is 9.83. The zero-order valence-corrected chi connectivity index (χ0v) is 11.1. The molecule has 0 amide bonds. The summed E-state index contributed by atoms with van der Waals surface area (Å²) in [5, 5.41) is 0. The molecule has 1 aromatic rings. The van der Waals surface area contributed by atoms with Crippen molar-refractivity contribution in [2.24, 2.45) is 5.92 Å². The van der Waals surface area contributed by atoms with Gasteiger partial charge in [0.05, 0.1) is 13.0 Å². The van der Waals surface area contributed by atoms with Crippen molar-refractivity contribution in [1.82, 2.24) is 0 Å². The second-order valence-corrected chi connectivity index (χ2v) is 5.20. The van der Waals surface area contributed by atoms with Crippen LogP contribution in [0.25, 0.3) is 0 Å². The number of carbonyl (C=O) groups is 1. The number of carbonyl (C=O) groups excluding carboxylic acids is 1. The van der Waals surface area contributed by atoms with E-state index in [1.807, 2.05) is 0 Å². The van der Waals surface area contributed by atoms with E-state index in [4.69, 9.17) is 4.74 Å². The molecule has 0 saturated carbocycles. The Bertz CT molecular complexity index is 426. The minimum atomic E-state index is -0.0851. The fourth-order valence-corrected chi connectivity index (χ4v) is 3.12. The van der Waals surface area contributed by atoms with Crippen molar-refractivity contribution in [3.8, 4) is 0 Å². The number of ether oxygens (including phenoxy) is 1. The van der Waals surface area contributed by atoms with E-state index in [0.29, 0.717) is 0 Å². The van der Waals surface area contributed by atoms with Crippen molar-refractivity contribution >= 4 is 21.9 Å². The number of esters is 1. The summed E-state index contributed by atoms with van der Waals surface area (Å²) in [5.74, 6) is -0.0605. The molecule has 2 rings (SSSR count). The summed E-state index contributed by atoms with van der Waals surface area (Å²) in [5.41, 5.74) is 3.90. The second-order valence-electron chi connectivity index (χ2n) is 4.35. The average molecular weight is 283 g/mol. The number of hydrogen-bond acceptors (Lipinski definition) is 2. The molecule has 3 heteroatoms. The highest BCUT2D eigenvalue weighted by molar-refractivity contribution is 9.10. The van der Waals surface area contributed by atoms with E-state index in [1.54, 1.807) is 0 Å². The molecule has 0 bridgehead atoms. The highest BCUT2D eigenvalue weighted by Gasteiger charge is 2.26. The highest BCUT2D eigenvalue weighted by Crippen LogP contribution is 2.32. The van der Waals surface area contributed by atoms with Crippen LogP contribution in [0.5, 0.6) is 0 Å². The van der Waals surface area contributed by atoms with Gasteiger partial charge in [0.1, 0.15) is 0 Å². The van der Waals surface area contributed by atoms with E-state index in [1.165, 1.54) is 23.8 Å². The zero-order chi connectivity index (χ0) is 11.7. The molecule has 86 valence electrons. The fourth-order valence-electron chi connectivity index (χ4n) is 2.34. The maximum Gasteiger partial charge on any atom is 0.309 e. The minimum absolute atomic E-state index is 0.0245. The average Bonchev–Trinajstić information content (AvgIpc) is 2.27. The number of methoxy groups -OCH3 is 1. The Morgan fingerprint density at radius 3 is 2.94 bits per heavy atom. The van der Waals surface area contributed by atoms with Crippen molar-refractivity contribution in [3.63, 3.8) is 0 Å². The zero-order valence-electron chi connectivity index (χ0n) is 9.55. The molecule has 0 N–H and O–H groups in total. The van der Waals surface area contributed by atoms with E-state index in [2.05, 4.69) is 35.0 Å². The Morgan fingerprint density at radius 1 is 1.50 bits per heavy atom. The number of fused-ring (bicyclic) bond motifs is 1. The molecule has 1 atom stereocenters. The van der Waals surface area contributed by atoms with Crippen LogP contribution < -0.4 is 0 Å². The van der Waals surface area contributed by atoms with Gasteiger partial charge in [0, 0.05) is 4.47 Å². The molecule has 0 saturated heterocycles. The molecule has 0 spiro atoms. The van der Waals surface area contributed by atoms with Gasteiger partial charge in [-0.3, -0.25) is 4.79 Å². The Labute approximate surface area is 104 Å². The van der Waals surface area contributed by atoms with E-state index >= 15 is 0 Å². The largest absolute Gasteiger partial charge is 0.469 e. The normalized spacial score (nSPS) is 19.1. The van der Waals surface area contributed by atoms with E-state index in [-0.39, 0.29) is 11.9 Å². The molecule has 1 aliphatic rings. The molecule has 16 heavy (non-hydrogen) atoms. The molecule has 0 radical (unpaired) electrons. The molecular weight excluding hydrogens is 268 g/mol. The smallest absolute Gasteiger partial charge is 0.309 e. The van der Waals surface area contributed by atoms with Gasteiger partial charge in [0.15, 0.2) is 0 Å². The van der Waals surface area contributed by atoms with E-state index in [0.717, 1.165) is 23.7 Å². The summed E-state index contributed by atoms with van der Waals surface area (Å²) in [7, 11) is 1.46. The first-order chi connectivity index (χ1) is 7.61. The summed E-state index contributed by atoms with van der Waals surface area (Å²) in [4.78, 5) is 11.5. The number of benzene rings is 1. The molecule has 2 nitrogen and oxygen atoms in total. The van der Waals surface area contributed by atoms with Gasteiger partial charge in [0.2, 0.25) is 0 Å². The number of halogens is 1. The highest BCUT2D eigenvalue weighted by atomic mass is 79.9. The molecule has 0 aromatic heterocycles. The Hall–Kier alpha value is -0.830. The van der Waals surface area contributed by atoms with Crippen LogP contribution in [-0.4, -0.2) is 13.1 Å². The lowest BCUT2D eigenvalue weighted by Crippen LogP contribution is -2.24. The summed E-state index contributed by atoms with van der Waals surface area (Å²) >= 11 is 3.58. The van der Waals surface area contributed by atoms with Crippen molar-refractivity contribution in [1.29, 1.82) is 0 Å². The SMILES string of the molecule is COC(=O)C1CCc2cc(C)cc(Br)c2C1. The number of hydrogen-bond donors (Lipinski definition) is 0. The first-order valence-electron chi connectivity index (χ1n) is 5.47. The Balaban J connectivity index is 2.30. The summed E-state index contributed by atoms with van der Waals surface area (Å²) < 4.78 is 5.94. The van der Waals surface area contributed by atoms with Gasteiger partial charge in [-0.1, -0.05) is 22.0 Å². The molecular formula is C13H15BrO2. The standard InChI is InChI=1S/C13H15BrO2/c1-8-5-9-3-4-10(13(15)16-2)7-11(9)12(14)6-8/h5-6,10H,3-4,7H2,1-2H3. The summed E-state index contributed by atoms with van der Waals surface area (Å²) in [6, 6.07) is 4.33. The Kier molecular flexibility index (Phi) is 3.33. The van der Waals surface area contributed by atoms with Gasteiger partial charge in [-0.2, -0.15) is 0 Å². The van der Waals surface area contributed by atoms with Crippen molar-refractivity contribution < 1.29 is 9.53 Å². The van der Waals surface area contributed by atoms with E-state index in [9.17, 15) is 4.79 Å². The van der Waals surface area contributed by atoms with Crippen LogP contribution in [0.3, 0.4) is 0 Å². The molecule has 0 heterocycles. The first-order valence-corrected chi connectivity index (χ1v) is 6.27. The lowest BCUT2D eigenvalue weighted by molar-refractivity contribution is -0.145. The molecule has 0 aliphatic heterocycles. The lowest BCUT2D eigenvalue weighted by Gasteiger charge is -2.24. The van der Waals surface area contributed by atoms with Crippen molar-refractivity contribution in [2.75, 3.05) is 7.11 Å². The number of rotatable bonds is 1. The van der Waals surface area contributed by atoms with Gasteiger partial charge in [-0.05, 0) is 48.9 Å². The van der Waals surface area contributed by atoms with Gasteiger partial charge < -0.3 is 4.74 Å². The second kappa shape index (κ2) is 4.58. The third kappa shape index (κ3) is 2.14. The molecule has 1 aromatic carbocycles. The molecule has 0 fully saturated rings. The predicted octanol–water partition coefficient (Wildman–Crippen LogP) is 3.04. The van der Waals surface area contributed by atoms with Gasteiger partial charge in [-0.15, -0.1) is 0 Å². The fraction of sp³-hybridized carbons (Fsp3) is 0.462. The third-order valence-electron chi connectivity index (χ3n) is 3.18. The van der Waals surface area contributed by atoms with Gasteiger partial charge >= 0.3 is 5.97 Å². The van der Waals surface area contributed by atoms with Crippen LogP contribution >= 0.6 is 15.9 Å². The predicted molar refractivity (Wildman–Crippen MR) is 66.4 cm³/mol. The van der Waals surface area contributed by atoms with Gasteiger partial charge in [-0.25, -0.2) is 0 Å². The van der Waals surface area contributed by atoms with Crippen LogP contribution in [0.2, 0.25) is 0 Å². The van der Waals surface area contributed by atoms with Crippen LogP contribution in [-0.2, 0) is 22.4 Å². The van der Waals surface area contributed by atoms with Crippen LogP contribution in [0.15, 0.2) is 16.6 Å². The third-order valence-corrected chi connectivity index (χ3v) is 3.89. The first kappa shape index (κ1) is 11.6. The van der Waals surface area contributed by atoms with Crippen LogP contribution in [0.1, 0.15) is 23.1 Å². The summed E-state index contributed by atoms with van der Waals surface area (Å²) in [6.07, 6.45) is 2.66. The minimum Gasteiger partial charge on any atom is -0.469 e. The number of aryl methyl sites for hydroxylation is 2. The maximum atomic E-state index is 11.5. The van der Waals surface area contributed by atoms with Crippen LogP contribution in [0.4, 0.5) is 0 Å². The molecule has 1 aliphatic carbocycles. The van der Waals surface area contributed by atoms with Gasteiger partial charge in [0.25, 0.3) is 0 Å². The topological polar surface area (TPSA) is 26.3 Å². The molecule has 1 unspecified atom stereocenters. The quantitative estimate of drug-likeness (QED) is 0.740. The Morgan fingerprint density at radius 2 is 2.25 bits per heavy atom. The van der Waals surface area contributed by atoms with Crippen molar-refractivity contribution in [2.45, 2.75) is 26.2 Å². The van der Waals surface area contributed by atoms with Crippen molar-refractivity contribution in [3.05, 3.63) is 33.3 Å². The summed E-state index contributed by atoms with van der Waals surface area (Å²) in [6.45, 7) is 2.09. The van der Waals surface area contributed by atoms with E-state index < -0.39 is 0 Å². The monoisotopic (exact) mass is 282 g/mol. The maximum absolute atomic E-state index is 11.5. The van der Waals surface area contributed by atoms with Crippen LogP contribution in [0, 0.1) is 12.8 Å².